The van der Waals surface area contributed by atoms with E-state index in [1.54, 1.807) is 14.2 Å². The fourth-order valence-electron chi connectivity index (χ4n) is 2.44. The summed E-state index contributed by atoms with van der Waals surface area (Å²) in [6.07, 6.45) is 2.25. The van der Waals surface area contributed by atoms with Crippen LogP contribution in [0.5, 0.6) is 0 Å². The van der Waals surface area contributed by atoms with Gasteiger partial charge < -0.3 is 19.5 Å². The summed E-state index contributed by atoms with van der Waals surface area (Å²) in [6, 6.07) is 0. The molecular formula is C13H27NO3. The average molecular weight is 245 g/mol. The molecule has 17 heavy (non-hydrogen) atoms. The first-order valence-corrected chi connectivity index (χ1v) is 6.51. The summed E-state index contributed by atoms with van der Waals surface area (Å²) in [4.78, 5) is 0. The molecule has 1 aliphatic heterocycles. The van der Waals surface area contributed by atoms with Crippen LogP contribution in [-0.4, -0.2) is 53.7 Å². The average Bonchev–Trinajstić information content (AvgIpc) is 2.82. The second-order valence-electron chi connectivity index (χ2n) is 5.02. The predicted octanol–water partition coefficient (Wildman–Crippen LogP) is 1.30. The normalized spacial score (nSPS) is 26.3. The standard InChI is InChI=1S/C13H27NO3/c1-12(4-7-15-2)13(5-8-17-11-13)10-14-6-9-16-3/h12,14H,4-11H2,1-3H3. The molecule has 0 aromatic heterocycles. The molecule has 4 nitrogen and oxygen atoms in total. The zero-order chi connectivity index (χ0) is 12.6. The second kappa shape index (κ2) is 8.03. The summed E-state index contributed by atoms with van der Waals surface area (Å²) in [6.45, 7) is 7.60. The first-order chi connectivity index (χ1) is 8.25. The maximum atomic E-state index is 5.61. The molecule has 0 aromatic rings. The summed E-state index contributed by atoms with van der Waals surface area (Å²) in [7, 11) is 3.50. The molecule has 0 aromatic carbocycles. The van der Waals surface area contributed by atoms with Crippen molar-refractivity contribution in [2.75, 3.05) is 53.7 Å². The van der Waals surface area contributed by atoms with E-state index in [2.05, 4.69) is 12.2 Å². The molecule has 2 atom stereocenters. The van der Waals surface area contributed by atoms with Gasteiger partial charge in [0.25, 0.3) is 0 Å². The van der Waals surface area contributed by atoms with Gasteiger partial charge in [0, 0.05) is 45.9 Å². The van der Waals surface area contributed by atoms with Gasteiger partial charge in [-0.1, -0.05) is 6.92 Å². The van der Waals surface area contributed by atoms with Crippen LogP contribution in [-0.2, 0) is 14.2 Å². The molecule has 0 aliphatic carbocycles. The van der Waals surface area contributed by atoms with E-state index in [1.807, 2.05) is 0 Å². The number of rotatable bonds is 9. The molecule has 0 spiro atoms. The minimum absolute atomic E-state index is 0.284. The first-order valence-electron chi connectivity index (χ1n) is 6.51. The van der Waals surface area contributed by atoms with Gasteiger partial charge in [0.05, 0.1) is 13.2 Å². The molecule has 1 heterocycles. The van der Waals surface area contributed by atoms with Crippen molar-refractivity contribution in [2.24, 2.45) is 11.3 Å². The van der Waals surface area contributed by atoms with Crippen LogP contribution < -0.4 is 5.32 Å². The van der Waals surface area contributed by atoms with Crippen molar-refractivity contribution in [1.82, 2.24) is 5.32 Å². The zero-order valence-electron chi connectivity index (χ0n) is 11.5. The fourth-order valence-corrected chi connectivity index (χ4v) is 2.44. The van der Waals surface area contributed by atoms with Crippen LogP contribution in [0.2, 0.25) is 0 Å². The third kappa shape index (κ3) is 4.54. The zero-order valence-corrected chi connectivity index (χ0v) is 11.5. The van der Waals surface area contributed by atoms with Crippen molar-refractivity contribution >= 4 is 0 Å². The van der Waals surface area contributed by atoms with Gasteiger partial charge in [0.15, 0.2) is 0 Å². The van der Waals surface area contributed by atoms with Crippen LogP contribution in [0.1, 0.15) is 19.8 Å². The molecule has 0 radical (unpaired) electrons. The van der Waals surface area contributed by atoms with Crippen LogP contribution in [0.25, 0.3) is 0 Å². The Morgan fingerprint density at radius 1 is 1.29 bits per heavy atom. The Morgan fingerprint density at radius 3 is 2.65 bits per heavy atom. The third-order valence-corrected chi connectivity index (χ3v) is 3.89. The van der Waals surface area contributed by atoms with Crippen molar-refractivity contribution < 1.29 is 14.2 Å². The maximum absolute atomic E-state index is 5.61. The van der Waals surface area contributed by atoms with Gasteiger partial charge in [0.1, 0.15) is 0 Å². The minimum Gasteiger partial charge on any atom is -0.385 e. The molecular weight excluding hydrogens is 218 g/mol. The van der Waals surface area contributed by atoms with Gasteiger partial charge in [-0.3, -0.25) is 0 Å². The van der Waals surface area contributed by atoms with Crippen LogP contribution in [0.15, 0.2) is 0 Å². The number of ether oxygens (including phenoxy) is 3. The molecule has 0 amide bonds. The molecule has 1 N–H and O–H groups in total. The van der Waals surface area contributed by atoms with Gasteiger partial charge >= 0.3 is 0 Å². The highest BCUT2D eigenvalue weighted by atomic mass is 16.5. The highest BCUT2D eigenvalue weighted by molar-refractivity contribution is 4.89. The van der Waals surface area contributed by atoms with Gasteiger partial charge in [-0.15, -0.1) is 0 Å². The van der Waals surface area contributed by atoms with Crippen molar-refractivity contribution in [1.29, 1.82) is 0 Å². The van der Waals surface area contributed by atoms with Crippen LogP contribution in [0.3, 0.4) is 0 Å². The summed E-state index contributed by atoms with van der Waals surface area (Å²) < 4.78 is 15.8. The van der Waals surface area contributed by atoms with Crippen molar-refractivity contribution in [3.63, 3.8) is 0 Å². The molecule has 0 saturated carbocycles. The smallest absolute Gasteiger partial charge is 0.0587 e. The molecule has 1 saturated heterocycles. The Morgan fingerprint density at radius 2 is 2.06 bits per heavy atom. The monoisotopic (exact) mass is 245 g/mol. The lowest BCUT2D eigenvalue weighted by Crippen LogP contribution is -2.41. The van der Waals surface area contributed by atoms with Crippen LogP contribution in [0.4, 0.5) is 0 Å². The Labute approximate surface area is 105 Å². The Balaban J connectivity index is 2.38. The van der Waals surface area contributed by atoms with E-state index in [4.69, 9.17) is 14.2 Å². The molecule has 4 heteroatoms. The number of hydrogen-bond donors (Lipinski definition) is 1. The Bertz CT molecular complexity index is 193. The highest BCUT2D eigenvalue weighted by Crippen LogP contribution is 2.37. The minimum atomic E-state index is 0.284. The number of hydrogen-bond acceptors (Lipinski definition) is 4. The summed E-state index contributed by atoms with van der Waals surface area (Å²) >= 11 is 0. The van der Waals surface area contributed by atoms with Gasteiger partial charge in [-0.2, -0.15) is 0 Å². The summed E-state index contributed by atoms with van der Waals surface area (Å²) in [5, 5.41) is 3.48. The van der Waals surface area contributed by atoms with Crippen molar-refractivity contribution in [3.8, 4) is 0 Å². The summed E-state index contributed by atoms with van der Waals surface area (Å²) in [5.74, 6) is 0.625. The van der Waals surface area contributed by atoms with Gasteiger partial charge in [0.2, 0.25) is 0 Å². The first kappa shape index (κ1) is 14.9. The lowest BCUT2D eigenvalue weighted by molar-refractivity contribution is 0.0841. The van der Waals surface area contributed by atoms with E-state index >= 15 is 0 Å². The molecule has 1 aliphatic rings. The summed E-state index contributed by atoms with van der Waals surface area (Å²) in [5.41, 5.74) is 0.284. The van der Waals surface area contributed by atoms with Crippen molar-refractivity contribution in [2.45, 2.75) is 19.8 Å². The van der Waals surface area contributed by atoms with Crippen molar-refractivity contribution in [3.05, 3.63) is 0 Å². The topological polar surface area (TPSA) is 39.7 Å². The van der Waals surface area contributed by atoms with E-state index < -0.39 is 0 Å². The molecule has 1 rings (SSSR count). The Kier molecular flexibility index (Phi) is 7.04. The molecule has 1 fully saturated rings. The number of nitrogens with one attached hydrogen (secondary N) is 1. The Hall–Kier alpha value is -0.160. The van der Waals surface area contributed by atoms with E-state index in [0.717, 1.165) is 52.4 Å². The van der Waals surface area contributed by atoms with Gasteiger partial charge in [-0.25, -0.2) is 0 Å². The lowest BCUT2D eigenvalue weighted by Gasteiger charge is -2.34. The van der Waals surface area contributed by atoms with Gasteiger partial charge in [-0.05, 0) is 18.8 Å². The SMILES string of the molecule is COCCNCC1(C(C)CCOC)CCOC1. The molecule has 2 unspecified atom stereocenters. The van der Waals surface area contributed by atoms with Crippen LogP contribution in [0, 0.1) is 11.3 Å². The second-order valence-corrected chi connectivity index (χ2v) is 5.02. The lowest BCUT2D eigenvalue weighted by atomic mass is 9.74. The highest BCUT2D eigenvalue weighted by Gasteiger charge is 2.39. The maximum Gasteiger partial charge on any atom is 0.0587 e. The molecule has 102 valence electrons. The largest absolute Gasteiger partial charge is 0.385 e. The third-order valence-electron chi connectivity index (χ3n) is 3.89. The fraction of sp³-hybridized carbons (Fsp3) is 1.00. The quantitative estimate of drug-likeness (QED) is 0.622. The van der Waals surface area contributed by atoms with E-state index in [-0.39, 0.29) is 5.41 Å². The van der Waals surface area contributed by atoms with E-state index in [1.165, 1.54) is 0 Å². The molecule has 0 bridgehead atoms. The predicted molar refractivity (Wildman–Crippen MR) is 68.3 cm³/mol. The number of methoxy groups -OCH3 is 2. The van der Waals surface area contributed by atoms with Crippen LogP contribution >= 0.6 is 0 Å². The van der Waals surface area contributed by atoms with E-state index in [0.29, 0.717) is 5.92 Å². The van der Waals surface area contributed by atoms with E-state index in [9.17, 15) is 0 Å².